The van der Waals surface area contributed by atoms with Gasteiger partial charge in [0.2, 0.25) is 5.91 Å². The Morgan fingerprint density at radius 1 is 0.889 bits per heavy atom. The topological polar surface area (TPSA) is 58.6 Å². The Morgan fingerprint density at radius 2 is 1.50 bits per heavy atom. The Kier molecular flexibility index (Phi) is 9.23. The summed E-state index contributed by atoms with van der Waals surface area (Å²) >= 11 is 0. The number of hydrogen-bond acceptors (Lipinski definition) is 3. The van der Waals surface area contributed by atoms with E-state index in [1.165, 1.54) is 22.6 Å². The molecule has 1 atom stereocenters. The maximum atomic E-state index is 13.6. The van der Waals surface area contributed by atoms with E-state index in [-0.39, 0.29) is 30.8 Å². The van der Waals surface area contributed by atoms with E-state index in [2.05, 4.69) is 12.2 Å². The molecule has 0 fully saturated rings. The van der Waals surface area contributed by atoms with E-state index in [0.717, 1.165) is 17.5 Å². The number of amides is 2. The molecule has 2 amide bonds. The molecule has 0 aliphatic heterocycles. The van der Waals surface area contributed by atoms with Crippen molar-refractivity contribution in [3.8, 4) is 5.75 Å². The second kappa shape index (κ2) is 12.3. The van der Waals surface area contributed by atoms with Gasteiger partial charge in [-0.3, -0.25) is 9.59 Å². The van der Waals surface area contributed by atoms with Crippen LogP contribution in [0.25, 0.3) is 0 Å². The van der Waals surface area contributed by atoms with Crippen LogP contribution in [0.5, 0.6) is 5.75 Å². The van der Waals surface area contributed by atoms with Crippen molar-refractivity contribution < 1.29 is 18.7 Å². The highest BCUT2D eigenvalue weighted by Crippen LogP contribution is 2.18. The largest absolute Gasteiger partial charge is 0.484 e. The van der Waals surface area contributed by atoms with Crippen LogP contribution in [0, 0.1) is 5.82 Å². The number of carbonyl (C=O) groups excluding carboxylic acids is 2. The second-order valence-electron chi connectivity index (χ2n) is 9.88. The number of nitrogens with one attached hydrogen (secondary N) is 1. The number of hydrogen-bond donors (Lipinski definition) is 1. The van der Waals surface area contributed by atoms with Gasteiger partial charge in [0.1, 0.15) is 17.6 Å². The molecule has 0 heterocycles. The lowest BCUT2D eigenvalue weighted by atomic mass is 10.0. The minimum absolute atomic E-state index is 0.145. The van der Waals surface area contributed by atoms with Crippen LogP contribution in [0.15, 0.2) is 78.9 Å². The molecule has 3 rings (SSSR count). The number of halogens is 1. The predicted octanol–water partition coefficient (Wildman–Crippen LogP) is 5.32. The summed E-state index contributed by atoms with van der Waals surface area (Å²) in [5, 5.41) is 3.02. The summed E-state index contributed by atoms with van der Waals surface area (Å²) in [5.74, 6) is -0.360. The molecule has 6 heteroatoms. The first kappa shape index (κ1) is 26.9. The van der Waals surface area contributed by atoms with Gasteiger partial charge in [0.25, 0.3) is 5.91 Å². The fourth-order valence-electron chi connectivity index (χ4n) is 3.84. The van der Waals surface area contributed by atoms with Crippen molar-refractivity contribution in [3.05, 3.63) is 101 Å². The smallest absolute Gasteiger partial charge is 0.261 e. The van der Waals surface area contributed by atoms with Crippen molar-refractivity contribution in [2.75, 3.05) is 6.61 Å². The second-order valence-corrected chi connectivity index (χ2v) is 9.88. The van der Waals surface area contributed by atoms with Crippen molar-refractivity contribution in [1.82, 2.24) is 10.2 Å². The molecular formula is C30H35FN2O3. The van der Waals surface area contributed by atoms with E-state index < -0.39 is 11.6 Å². The molecule has 0 aliphatic rings. The van der Waals surface area contributed by atoms with Gasteiger partial charge in [-0.15, -0.1) is 0 Å². The van der Waals surface area contributed by atoms with Crippen molar-refractivity contribution in [2.24, 2.45) is 0 Å². The highest BCUT2D eigenvalue weighted by Gasteiger charge is 2.32. The normalized spacial score (nSPS) is 12.0. The van der Waals surface area contributed by atoms with Gasteiger partial charge in [0.05, 0.1) is 0 Å². The van der Waals surface area contributed by atoms with Gasteiger partial charge < -0.3 is 15.0 Å². The van der Waals surface area contributed by atoms with E-state index in [1.807, 2.05) is 75.4 Å². The van der Waals surface area contributed by atoms with Crippen LogP contribution in [0.4, 0.5) is 4.39 Å². The fraction of sp³-hybridized carbons (Fsp3) is 0.333. The molecule has 3 aromatic rings. The molecule has 0 saturated heterocycles. The van der Waals surface area contributed by atoms with Gasteiger partial charge in [-0.1, -0.05) is 61.5 Å². The van der Waals surface area contributed by atoms with Gasteiger partial charge in [0, 0.05) is 18.5 Å². The standard InChI is InChI=1S/C30H35FN2O3/c1-5-22-13-17-26(18-14-22)36-21-28(34)33(20-24-11-15-25(31)16-12-24)27(29(35)32-30(2,3)4)19-23-9-7-6-8-10-23/h6-18,27H,5,19-21H2,1-4H3,(H,32,35). The van der Waals surface area contributed by atoms with Crippen LogP contribution < -0.4 is 10.1 Å². The van der Waals surface area contributed by atoms with Crippen molar-refractivity contribution in [3.63, 3.8) is 0 Å². The zero-order chi connectivity index (χ0) is 26.1. The molecule has 5 nitrogen and oxygen atoms in total. The van der Waals surface area contributed by atoms with E-state index in [9.17, 15) is 14.0 Å². The maximum Gasteiger partial charge on any atom is 0.261 e. The molecule has 0 saturated carbocycles. The molecular weight excluding hydrogens is 455 g/mol. The number of rotatable bonds is 10. The van der Waals surface area contributed by atoms with Crippen LogP contribution in [0.1, 0.15) is 44.4 Å². The average molecular weight is 491 g/mol. The summed E-state index contributed by atoms with van der Waals surface area (Å²) in [6.45, 7) is 7.70. The third kappa shape index (κ3) is 8.22. The zero-order valence-electron chi connectivity index (χ0n) is 21.5. The Balaban J connectivity index is 1.90. The van der Waals surface area contributed by atoms with E-state index in [0.29, 0.717) is 12.2 Å². The molecule has 1 N–H and O–H groups in total. The Bertz CT molecular complexity index is 1120. The molecule has 0 radical (unpaired) electrons. The Hall–Kier alpha value is -3.67. The first-order chi connectivity index (χ1) is 17.1. The molecule has 0 aromatic heterocycles. The average Bonchev–Trinajstić information content (AvgIpc) is 2.85. The van der Waals surface area contributed by atoms with Gasteiger partial charge in [-0.2, -0.15) is 0 Å². The third-order valence-electron chi connectivity index (χ3n) is 5.73. The Morgan fingerprint density at radius 3 is 2.08 bits per heavy atom. The first-order valence-corrected chi connectivity index (χ1v) is 12.3. The lowest BCUT2D eigenvalue weighted by molar-refractivity contribution is -0.143. The van der Waals surface area contributed by atoms with Gasteiger partial charge in [-0.25, -0.2) is 4.39 Å². The van der Waals surface area contributed by atoms with Crippen LogP contribution in [0.3, 0.4) is 0 Å². The zero-order valence-corrected chi connectivity index (χ0v) is 21.5. The molecule has 3 aromatic carbocycles. The summed E-state index contributed by atoms with van der Waals surface area (Å²) in [4.78, 5) is 28.6. The molecule has 36 heavy (non-hydrogen) atoms. The molecule has 190 valence electrons. The molecule has 0 bridgehead atoms. The number of ether oxygens (including phenoxy) is 1. The molecule has 0 spiro atoms. The summed E-state index contributed by atoms with van der Waals surface area (Å²) in [5.41, 5.74) is 2.35. The minimum Gasteiger partial charge on any atom is -0.484 e. The SMILES string of the molecule is CCc1ccc(OCC(=O)N(Cc2ccc(F)cc2)C(Cc2ccccc2)C(=O)NC(C)(C)C)cc1. The van der Waals surface area contributed by atoms with Crippen molar-refractivity contribution >= 4 is 11.8 Å². The summed E-state index contributed by atoms with van der Waals surface area (Å²) in [6.07, 6.45) is 1.25. The first-order valence-electron chi connectivity index (χ1n) is 12.3. The lowest BCUT2D eigenvalue weighted by Gasteiger charge is -2.33. The van der Waals surface area contributed by atoms with Gasteiger partial charge in [-0.05, 0) is 68.1 Å². The van der Waals surface area contributed by atoms with Crippen molar-refractivity contribution in [1.29, 1.82) is 0 Å². The fourth-order valence-corrected chi connectivity index (χ4v) is 3.84. The monoisotopic (exact) mass is 490 g/mol. The van der Waals surface area contributed by atoms with Crippen LogP contribution >= 0.6 is 0 Å². The molecule has 0 aliphatic carbocycles. The summed E-state index contributed by atoms with van der Waals surface area (Å²) < 4.78 is 19.3. The lowest BCUT2D eigenvalue weighted by Crippen LogP contribution is -2.55. The van der Waals surface area contributed by atoms with E-state index in [1.54, 1.807) is 12.1 Å². The highest BCUT2D eigenvalue weighted by molar-refractivity contribution is 5.89. The van der Waals surface area contributed by atoms with Gasteiger partial charge in [0.15, 0.2) is 6.61 Å². The maximum absolute atomic E-state index is 13.6. The summed E-state index contributed by atoms with van der Waals surface area (Å²) in [7, 11) is 0. The quantitative estimate of drug-likeness (QED) is 0.418. The summed E-state index contributed by atoms with van der Waals surface area (Å²) in [6, 6.07) is 22.4. The van der Waals surface area contributed by atoms with E-state index in [4.69, 9.17) is 4.74 Å². The van der Waals surface area contributed by atoms with Crippen LogP contribution in [-0.4, -0.2) is 34.9 Å². The highest BCUT2D eigenvalue weighted by atomic mass is 19.1. The number of aryl methyl sites for hydroxylation is 1. The minimum atomic E-state index is -0.782. The number of carbonyl (C=O) groups is 2. The van der Waals surface area contributed by atoms with Crippen LogP contribution in [0.2, 0.25) is 0 Å². The third-order valence-corrected chi connectivity index (χ3v) is 5.73. The van der Waals surface area contributed by atoms with Crippen molar-refractivity contribution in [2.45, 2.75) is 58.7 Å². The number of nitrogens with zero attached hydrogens (tertiary/aromatic N) is 1. The molecule has 1 unspecified atom stereocenters. The Labute approximate surface area is 213 Å². The van der Waals surface area contributed by atoms with Gasteiger partial charge >= 0.3 is 0 Å². The van der Waals surface area contributed by atoms with E-state index >= 15 is 0 Å². The number of benzene rings is 3. The predicted molar refractivity (Wildman–Crippen MR) is 140 cm³/mol. The van der Waals surface area contributed by atoms with Crippen LogP contribution in [-0.2, 0) is 29.0 Å².